The van der Waals surface area contributed by atoms with Crippen molar-refractivity contribution in [1.29, 1.82) is 0 Å². The molecule has 158 valence electrons. The molecular weight excluding hydrogens is 398 g/mol. The molecule has 0 saturated carbocycles. The second kappa shape index (κ2) is 10.2. The van der Waals surface area contributed by atoms with E-state index in [1.54, 1.807) is 4.90 Å². The van der Waals surface area contributed by atoms with Crippen molar-refractivity contribution in [2.75, 3.05) is 25.1 Å². The van der Waals surface area contributed by atoms with Crippen LogP contribution in [-0.4, -0.2) is 39.9 Å². The third kappa shape index (κ3) is 5.37. The number of aliphatic hydroxyl groups excluding tert-OH is 1. The molecule has 0 unspecified atom stereocenters. The second-order valence-corrected chi connectivity index (χ2v) is 7.32. The maximum absolute atomic E-state index is 12.6. The molecule has 0 bridgehead atoms. The standard InChI is InChI=1S/C23H27N3O3S/c1-3-16-5-10-21-17(13-16)14-18(22(28)25-21)15-26(11-12-27)23(30)24-19-6-8-20(9-7-19)29-4-2/h5-10,13-14,27H,3-4,11-12,15H2,1-2H3,(H,24,30)(H,25,28). The lowest BCUT2D eigenvalue weighted by Gasteiger charge is -2.25. The molecule has 0 amide bonds. The zero-order valence-corrected chi connectivity index (χ0v) is 18.1. The number of anilines is 1. The predicted molar refractivity (Wildman–Crippen MR) is 125 cm³/mol. The summed E-state index contributed by atoms with van der Waals surface area (Å²) in [5.41, 5.74) is 3.27. The van der Waals surface area contributed by atoms with E-state index in [0.29, 0.717) is 30.4 Å². The molecule has 30 heavy (non-hydrogen) atoms. The summed E-state index contributed by atoms with van der Waals surface area (Å²) in [7, 11) is 0. The Morgan fingerprint density at radius 3 is 2.60 bits per heavy atom. The number of hydrogen-bond donors (Lipinski definition) is 3. The van der Waals surface area contributed by atoms with E-state index in [-0.39, 0.29) is 12.2 Å². The number of ether oxygens (including phenoxy) is 1. The van der Waals surface area contributed by atoms with Gasteiger partial charge in [-0.1, -0.05) is 13.0 Å². The van der Waals surface area contributed by atoms with Gasteiger partial charge in [-0.25, -0.2) is 0 Å². The number of aliphatic hydroxyl groups is 1. The molecular formula is C23H27N3O3S. The summed E-state index contributed by atoms with van der Waals surface area (Å²) >= 11 is 5.55. The third-order valence-electron chi connectivity index (χ3n) is 4.83. The van der Waals surface area contributed by atoms with Crippen molar-refractivity contribution in [3.8, 4) is 5.75 Å². The van der Waals surface area contributed by atoms with Crippen LogP contribution < -0.4 is 15.6 Å². The molecule has 1 heterocycles. The van der Waals surface area contributed by atoms with Gasteiger partial charge in [0, 0.05) is 23.3 Å². The number of aryl methyl sites for hydroxylation is 1. The van der Waals surface area contributed by atoms with Crippen molar-refractivity contribution >= 4 is 33.9 Å². The number of aromatic nitrogens is 1. The van der Waals surface area contributed by atoms with Gasteiger partial charge < -0.3 is 25.0 Å². The number of H-pyrrole nitrogens is 1. The molecule has 0 fully saturated rings. The molecule has 0 aliphatic rings. The molecule has 0 aliphatic carbocycles. The average Bonchev–Trinajstić information content (AvgIpc) is 2.75. The van der Waals surface area contributed by atoms with Gasteiger partial charge in [0.1, 0.15) is 5.75 Å². The van der Waals surface area contributed by atoms with Crippen molar-refractivity contribution in [3.63, 3.8) is 0 Å². The SMILES string of the molecule is CCOc1ccc(NC(=S)N(CCO)Cc2cc3cc(CC)ccc3[nH]c2=O)cc1. The van der Waals surface area contributed by atoms with Crippen LogP contribution in [0.15, 0.2) is 53.3 Å². The van der Waals surface area contributed by atoms with E-state index in [1.807, 2.05) is 49.4 Å². The maximum Gasteiger partial charge on any atom is 0.253 e. The van der Waals surface area contributed by atoms with Crippen LogP contribution in [0.25, 0.3) is 10.9 Å². The fourth-order valence-electron chi connectivity index (χ4n) is 3.22. The number of nitrogens with zero attached hydrogens (tertiary/aromatic N) is 1. The predicted octanol–water partition coefficient (Wildman–Crippen LogP) is 3.68. The number of aromatic amines is 1. The van der Waals surface area contributed by atoms with E-state index in [9.17, 15) is 9.90 Å². The summed E-state index contributed by atoms with van der Waals surface area (Å²) in [4.78, 5) is 17.3. The third-order valence-corrected chi connectivity index (χ3v) is 5.19. The van der Waals surface area contributed by atoms with Crippen LogP contribution in [0.1, 0.15) is 25.0 Å². The van der Waals surface area contributed by atoms with Crippen LogP contribution in [0.3, 0.4) is 0 Å². The van der Waals surface area contributed by atoms with E-state index >= 15 is 0 Å². The molecule has 0 radical (unpaired) electrons. The Kier molecular flexibility index (Phi) is 7.43. The Morgan fingerprint density at radius 2 is 1.93 bits per heavy atom. The Morgan fingerprint density at radius 1 is 1.17 bits per heavy atom. The lowest BCUT2D eigenvalue weighted by atomic mass is 10.1. The van der Waals surface area contributed by atoms with Gasteiger partial charge in [-0.3, -0.25) is 4.79 Å². The van der Waals surface area contributed by atoms with Crippen molar-refractivity contribution in [3.05, 3.63) is 70.0 Å². The zero-order chi connectivity index (χ0) is 21.5. The van der Waals surface area contributed by atoms with Gasteiger partial charge in [0.15, 0.2) is 5.11 Å². The first-order chi connectivity index (χ1) is 14.5. The molecule has 7 heteroatoms. The van der Waals surface area contributed by atoms with E-state index in [2.05, 4.69) is 23.3 Å². The van der Waals surface area contributed by atoms with E-state index in [1.165, 1.54) is 5.56 Å². The van der Waals surface area contributed by atoms with E-state index in [0.717, 1.165) is 28.8 Å². The minimum Gasteiger partial charge on any atom is -0.494 e. The van der Waals surface area contributed by atoms with Crippen molar-refractivity contribution in [1.82, 2.24) is 9.88 Å². The van der Waals surface area contributed by atoms with Gasteiger partial charge >= 0.3 is 0 Å². The molecule has 3 rings (SSSR count). The van der Waals surface area contributed by atoms with Crippen LogP contribution >= 0.6 is 12.2 Å². The van der Waals surface area contributed by atoms with Crippen LogP contribution in [0.4, 0.5) is 5.69 Å². The number of nitrogens with one attached hydrogen (secondary N) is 2. The summed E-state index contributed by atoms with van der Waals surface area (Å²) in [6, 6.07) is 15.4. The van der Waals surface area contributed by atoms with Crippen molar-refractivity contribution in [2.24, 2.45) is 0 Å². The Bertz CT molecular complexity index is 1060. The number of thiocarbonyl (C=S) groups is 1. The summed E-state index contributed by atoms with van der Waals surface area (Å²) < 4.78 is 5.45. The van der Waals surface area contributed by atoms with E-state index in [4.69, 9.17) is 17.0 Å². The van der Waals surface area contributed by atoms with Gasteiger partial charge in [0.25, 0.3) is 5.56 Å². The van der Waals surface area contributed by atoms with Gasteiger partial charge in [-0.15, -0.1) is 0 Å². The highest BCUT2D eigenvalue weighted by atomic mass is 32.1. The molecule has 0 spiro atoms. The molecule has 6 nitrogen and oxygen atoms in total. The Balaban J connectivity index is 1.79. The van der Waals surface area contributed by atoms with Gasteiger partial charge in [-0.05, 0) is 79.0 Å². The van der Waals surface area contributed by atoms with Gasteiger partial charge in [0.05, 0.1) is 19.8 Å². The Hall–Kier alpha value is -2.90. The number of pyridine rings is 1. The smallest absolute Gasteiger partial charge is 0.253 e. The monoisotopic (exact) mass is 425 g/mol. The summed E-state index contributed by atoms with van der Waals surface area (Å²) in [5.74, 6) is 0.787. The van der Waals surface area contributed by atoms with Gasteiger partial charge in [-0.2, -0.15) is 0 Å². The molecule has 0 saturated heterocycles. The second-order valence-electron chi connectivity index (χ2n) is 6.93. The topological polar surface area (TPSA) is 77.6 Å². The first kappa shape index (κ1) is 21.8. The fourth-order valence-corrected chi connectivity index (χ4v) is 3.49. The Labute approximate surface area is 181 Å². The quantitative estimate of drug-likeness (QED) is 0.478. The fraction of sp³-hybridized carbons (Fsp3) is 0.304. The molecule has 1 aromatic heterocycles. The van der Waals surface area contributed by atoms with Crippen LogP contribution in [0.2, 0.25) is 0 Å². The highest BCUT2D eigenvalue weighted by Gasteiger charge is 2.13. The summed E-state index contributed by atoms with van der Waals surface area (Å²) in [6.07, 6.45) is 0.928. The normalized spacial score (nSPS) is 10.8. The zero-order valence-electron chi connectivity index (χ0n) is 17.3. The highest BCUT2D eigenvalue weighted by Crippen LogP contribution is 2.18. The maximum atomic E-state index is 12.6. The summed E-state index contributed by atoms with van der Waals surface area (Å²) in [5, 5.41) is 14.1. The number of benzene rings is 2. The van der Waals surface area contributed by atoms with Gasteiger partial charge in [0.2, 0.25) is 0 Å². The van der Waals surface area contributed by atoms with Crippen molar-refractivity contribution < 1.29 is 9.84 Å². The van der Waals surface area contributed by atoms with Crippen LogP contribution in [0, 0.1) is 0 Å². The molecule has 0 atom stereocenters. The highest BCUT2D eigenvalue weighted by molar-refractivity contribution is 7.80. The minimum absolute atomic E-state index is 0.0729. The molecule has 3 N–H and O–H groups in total. The largest absolute Gasteiger partial charge is 0.494 e. The van der Waals surface area contributed by atoms with Crippen LogP contribution in [-0.2, 0) is 13.0 Å². The first-order valence-corrected chi connectivity index (χ1v) is 10.5. The number of hydrogen-bond acceptors (Lipinski definition) is 4. The first-order valence-electron chi connectivity index (χ1n) is 10.1. The number of fused-ring (bicyclic) bond motifs is 1. The lowest BCUT2D eigenvalue weighted by molar-refractivity contribution is 0.248. The molecule has 0 aliphatic heterocycles. The molecule has 2 aromatic carbocycles. The van der Waals surface area contributed by atoms with Crippen molar-refractivity contribution in [2.45, 2.75) is 26.8 Å². The van der Waals surface area contributed by atoms with Crippen LogP contribution in [0.5, 0.6) is 5.75 Å². The number of rotatable bonds is 8. The summed E-state index contributed by atoms with van der Waals surface area (Å²) in [6.45, 7) is 5.18. The molecule has 3 aromatic rings. The van der Waals surface area contributed by atoms with E-state index < -0.39 is 0 Å². The average molecular weight is 426 g/mol. The minimum atomic E-state index is -0.154. The lowest BCUT2D eigenvalue weighted by Crippen LogP contribution is -2.37.